The Morgan fingerprint density at radius 1 is 1.60 bits per heavy atom. The third-order valence-electron chi connectivity index (χ3n) is 2.21. The van der Waals surface area contributed by atoms with Crippen molar-refractivity contribution in [1.29, 1.82) is 0 Å². The van der Waals surface area contributed by atoms with Crippen molar-refractivity contribution in [2.75, 3.05) is 13.2 Å². The van der Waals surface area contributed by atoms with E-state index in [4.69, 9.17) is 4.74 Å². The Kier molecular flexibility index (Phi) is 3.33. The monoisotopic (exact) mass is 270 g/mol. The van der Waals surface area contributed by atoms with Crippen LogP contribution in [0.15, 0.2) is 22.8 Å². The summed E-state index contributed by atoms with van der Waals surface area (Å²) in [4.78, 5) is 15.8. The van der Waals surface area contributed by atoms with E-state index in [0.717, 1.165) is 13.0 Å². The Labute approximate surface area is 96.2 Å². The van der Waals surface area contributed by atoms with Gasteiger partial charge in [-0.05, 0) is 34.5 Å². The second kappa shape index (κ2) is 4.72. The van der Waals surface area contributed by atoms with Crippen molar-refractivity contribution in [3.8, 4) is 0 Å². The number of carbonyl (C=O) groups excluding carboxylic acids is 1. The molecule has 1 saturated heterocycles. The van der Waals surface area contributed by atoms with E-state index in [1.807, 2.05) is 0 Å². The smallest absolute Gasteiger partial charge is 0.270 e. The molecule has 1 aliphatic rings. The standard InChI is InChI=1S/C10H11BrN2O2/c11-9-3-1-2-8(13-9)10(14)12-7-4-5-15-6-7/h1-3,7H,4-6H2,(H,12,14). The fraction of sp³-hybridized carbons (Fsp3) is 0.400. The van der Waals surface area contributed by atoms with Crippen LogP contribution in [0, 0.1) is 0 Å². The molecule has 0 aromatic carbocycles. The summed E-state index contributed by atoms with van der Waals surface area (Å²) in [5.41, 5.74) is 0.427. The van der Waals surface area contributed by atoms with Gasteiger partial charge in [-0.1, -0.05) is 6.07 Å². The highest BCUT2D eigenvalue weighted by Crippen LogP contribution is 2.08. The predicted molar refractivity (Wildman–Crippen MR) is 58.6 cm³/mol. The third kappa shape index (κ3) is 2.76. The maximum Gasteiger partial charge on any atom is 0.270 e. The minimum Gasteiger partial charge on any atom is -0.379 e. The van der Waals surface area contributed by atoms with E-state index in [1.54, 1.807) is 18.2 Å². The van der Waals surface area contributed by atoms with Crippen LogP contribution in [0.2, 0.25) is 0 Å². The summed E-state index contributed by atoms with van der Waals surface area (Å²) in [7, 11) is 0. The molecule has 1 aromatic heterocycles. The second-order valence-electron chi connectivity index (χ2n) is 3.38. The molecule has 1 N–H and O–H groups in total. The Morgan fingerprint density at radius 3 is 3.13 bits per heavy atom. The molecule has 1 amide bonds. The first-order valence-electron chi connectivity index (χ1n) is 4.77. The van der Waals surface area contributed by atoms with Gasteiger partial charge in [0.25, 0.3) is 5.91 Å². The minimum absolute atomic E-state index is 0.123. The quantitative estimate of drug-likeness (QED) is 0.826. The summed E-state index contributed by atoms with van der Waals surface area (Å²) in [5.74, 6) is -0.146. The highest BCUT2D eigenvalue weighted by Gasteiger charge is 2.18. The van der Waals surface area contributed by atoms with Crippen LogP contribution in [0.5, 0.6) is 0 Å². The Hall–Kier alpha value is -0.940. The number of aromatic nitrogens is 1. The van der Waals surface area contributed by atoms with Crippen LogP contribution in [-0.2, 0) is 4.74 Å². The summed E-state index contributed by atoms with van der Waals surface area (Å²) >= 11 is 3.23. The number of hydrogen-bond donors (Lipinski definition) is 1. The predicted octanol–water partition coefficient (Wildman–Crippen LogP) is 1.36. The number of pyridine rings is 1. The lowest BCUT2D eigenvalue weighted by atomic mass is 10.2. The van der Waals surface area contributed by atoms with Crippen molar-refractivity contribution in [3.05, 3.63) is 28.5 Å². The second-order valence-corrected chi connectivity index (χ2v) is 4.19. The summed E-state index contributed by atoms with van der Waals surface area (Å²) in [6.45, 7) is 1.32. The molecule has 5 heteroatoms. The molecule has 1 fully saturated rings. The molecule has 4 nitrogen and oxygen atoms in total. The van der Waals surface area contributed by atoms with Crippen LogP contribution in [0.3, 0.4) is 0 Å². The van der Waals surface area contributed by atoms with Gasteiger partial charge in [0.05, 0.1) is 12.6 Å². The zero-order valence-electron chi connectivity index (χ0n) is 8.07. The molecule has 0 aliphatic carbocycles. The van der Waals surface area contributed by atoms with Crippen molar-refractivity contribution in [1.82, 2.24) is 10.3 Å². The maximum atomic E-state index is 11.7. The first kappa shape index (κ1) is 10.6. The molecule has 0 spiro atoms. The molecule has 2 rings (SSSR count). The van der Waals surface area contributed by atoms with Gasteiger partial charge in [0.2, 0.25) is 0 Å². The molecule has 1 unspecified atom stereocenters. The average Bonchev–Trinajstić information content (AvgIpc) is 2.70. The van der Waals surface area contributed by atoms with Crippen LogP contribution in [0.4, 0.5) is 0 Å². The lowest BCUT2D eigenvalue weighted by Crippen LogP contribution is -2.35. The Bertz CT molecular complexity index is 364. The van der Waals surface area contributed by atoms with E-state index in [-0.39, 0.29) is 11.9 Å². The van der Waals surface area contributed by atoms with Gasteiger partial charge in [-0.3, -0.25) is 4.79 Å². The van der Waals surface area contributed by atoms with Gasteiger partial charge in [-0.2, -0.15) is 0 Å². The maximum absolute atomic E-state index is 11.7. The molecule has 1 aliphatic heterocycles. The van der Waals surface area contributed by atoms with Crippen molar-refractivity contribution in [3.63, 3.8) is 0 Å². The number of amides is 1. The number of ether oxygens (including phenoxy) is 1. The van der Waals surface area contributed by atoms with Gasteiger partial charge in [0.15, 0.2) is 0 Å². The molecule has 1 aromatic rings. The molecule has 1 atom stereocenters. The minimum atomic E-state index is -0.146. The van der Waals surface area contributed by atoms with E-state index in [9.17, 15) is 4.79 Å². The largest absolute Gasteiger partial charge is 0.379 e. The van der Waals surface area contributed by atoms with Crippen LogP contribution in [0.1, 0.15) is 16.9 Å². The molecule has 0 bridgehead atoms. The number of rotatable bonds is 2. The van der Waals surface area contributed by atoms with E-state index < -0.39 is 0 Å². The van der Waals surface area contributed by atoms with Gasteiger partial charge in [0, 0.05) is 6.61 Å². The molecular weight excluding hydrogens is 260 g/mol. The number of hydrogen-bond acceptors (Lipinski definition) is 3. The molecule has 80 valence electrons. The van der Waals surface area contributed by atoms with E-state index in [2.05, 4.69) is 26.2 Å². The summed E-state index contributed by atoms with van der Waals surface area (Å²) in [6.07, 6.45) is 0.875. The SMILES string of the molecule is O=C(NC1CCOC1)c1cccc(Br)n1. The number of nitrogens with one attached hydrogen (secondary N) is 1. The molecule has 0 radical (unpaired) electrons. The van der Waals surface area contributed by atoms with Crippen molar-refractivity contribution < 1.29 is 9.53 Å². The van der Waals surface area contributed by atoms with E-state index in [1.165, 1.54) is 0 Å². The van der Waals surface area contributed by atoms with Gasteiger partial charge in [-0.25, -0.2) is 4.98 Å². The Morgan fingerprint density at radius 2 is 2.47 bits per heavy atom. The fourth-order valence-electron chi connectivity index (χ4n) is 1.44. The molecule has 2 heterocycles. The first-order valence-corrected chi connectivity index (χ1v) is 5.56. The van der Waals surface area contributed by atoms with Gasteiger partial charge < -0.3 is 10.1 Å². The zero-order chi connectivity index (χ0) is 10.7. The summed E-state index contributed by atoms with van der Waals surface area (Å²) in [5, 5.41) is 2.88. The lowest BCUT2D eigenvalue weighted by molar-refractivity contribution is 0.0924. The highest BCUT2D eigenvalue weighted by atomic mass is 79.9. The first-order chi connectivity index (χ1) is 7.25. The molecule has 15 heavy (non-hydrogen) atoms. The fourth-order valence-corrected chi connectivity index (χ4v) is 1.79. The van der Waals surface area contributed by atoms with Crippen LogP contribution in [0.25, 0.3) is 0 Å². The molecular formula is C10H11BrN2O2. The van der Waals surface area contributed by atoms with Gasteiger partial charge >= 0.3 is 0 Å². The average molecular weight is 271 g/mol. The number of carbonyl (C=O) groups is 1. The van der Waals surface area contributed by atoms with Crippen molar-refractivity contribution >= 4 is 21.8 Å². The van der Waals surface area contributed by atoms with E-state index in [0.29, 0.717) is 16.9 Å². The lowest BCUT2D eigenvalue weighted by Gasteiger charge is -2.09. The number of nitrogens with zero attached hydrogens (tertiary/aromatic N) is 1. The van der Waals surface area contributed by atoms with Crippen LogP contribution in [-0.4, -0.2) is 30.1 Å². The van der Waals surface area contributed by atoms with Crippen LogP contribution >= 0.6 is 15.9 Å². The topological polar surface area (TPSA) is 51.2 Å². The highest BCUT2D eigenvalue weighted by molar-refractivity contribution is 9.10. The van der Waals surface area contributed by atoms with E-state index >= 15 is 0 Å². The van der Waals surface area contributed by atoms with Gasteiger partial charge in [-0.15, -0.1) is 0 Å². The number of halogens is 1. The normalized spacial score (nSPS) is 20.2. The molecule has 0 saturated carbocycles. The van der Waals surface area contributed by atoms with Crippen molar-refractivity contribution in [2.45, 2.75) is 12.5 Å². The van der Waals surface area contributed by atoms with Crippen LogP contribution < -0.4 is 5.32 Å². The van der Waals surface area contributed by atoms with Gasteiger partial charge in [0.1, 0.15) is 10.3 Å². The summed E-state index contributed by atoms with van der Waals surface area (Å²) < 4.78 is 5.84. The summed E-state index contributed by atoms with van der Waals surface area (Å²) in [6, 6.07) is 5.39. The zero-order valence-corrected chi connectivity index (χ0v) is 9.66. The third-order valence-corrected chi connectivity index (χ3v) is 2.65. The Balaban J connectivity index is 2.01. The van der Waals surface area contributed by atoms with Crippen molar-refractivity contribution in [2.24, 2.45) is 0 Å².